The van der Waals surface area contributed by atoms with E-state index in [0.717, 1.165) is 29.3 Å². The van der Waals surface area contributed by atoms with Crippen LogP contribution in [0.1, 0.15) is 23.2 Å². The van der Waals surface area contributed by atoms with Crippen LogP contribution in [0.15, 0.2) is 29.6 Å². The van der Waals surface area contributed by atoms with Crippen molar-refractivity contribution in [2.75, 3.05) is 13.2 Å². The minimum absolute atomic E-state index is 0.651. The van der Waals surface area contributed by atoms with Gasteiger partial charge in [0.2, 0.25) is 0 Å². The Kier molecular flexibility index (Phi) is 4.73. The first-order valence-electron chi connectivity index (χ1n) is 6.17. The van der Waals surface area contributed by atoms with Crippen molar-refractivity contribution in [3.05, 3.63) is 45.9 Å². The fraction of sp³-hybridized carbons (Fsp3) is 0.357. The van der Waals surface area contributed by atoms with E-state index in [2.05, 4.69) is 16.4 Å². The molecule has 0 fully saturated rings. The Bertz CT molecular complexity index is 496. The van der Waals surface area contributed by atoms with Crippen molar-refractivity contribution in [3.63, 3.8) is 0 Å². The Morgan fingerprint density at radius 1 is 1.33 bits per heavy atom. The van der Waals surface area contributed by atoms with Gasteiger partial charge in [-0.05, 0) is 19.5 Å². The summed E-state index contributed by atoms with van der Waals surface area (Å²) < 4.78 is 5.62. The number of nitrogens with zero attached hydrogens (tertiary/aromatic N) is 1. The van der Waals surface area contributed by atoms with E-state index in [4.69, 9.17) is 10.5 Å². The number of benzene rings is 1. The molecule has 1 aromatic carbocycles. The van der Waals surface area contributed by atoms with Gasteiger partial charge in [-0.1, -0.05) is 18.2 Å². The van der Waals surface area contributed by atoms with Crippen molar-refractivity contribution in [3.8, 4) is 5.75 Å². The summed E-state index contributed by atoms with van der Waals surface area (Å²) in [6.07, 6.45) is 1.68. The predicted octanol–water partition coefficient (Wildman–Crippen LogP) is 2.63. The minimum Gasteiger partial charge on any atom is -0.494 e. The van der Waals surface area contributed by atoms with E-state index >= 15 is 0 Å². The number of para-hydroxylation sites is 1. The van der Waals surface area contributed by atoms with Crippen molar-refractivity contribution >= 4 is 11.3 Å². The highest BCUT2D eigenvalue weighted by Crippen LogP contribution is 2.23. The van der Waals surface area contributed by atoms with Crippen molar-refractivity contribution in [2.24, 2.45) is 5.73 Å². The highest BCUT2D eigenvalue weighted by atomic mass is 32.1. The molecule has 0 bridgehead atoms. The third-order valence-electron chi connectivity index (χ3n) is 2.61. The van der Waals surface area contributed by atoms with Crippen LogP contribution in [0.25, 0.3) is 0 Å². The molecule has 3 nitrogen and oxygen atoms in total. The summed E-state index contributed by atoms with van der Waals surface area (Å²) >= 11 is 1.69. The van der Waals surface area contributed by atoms with E-state index in [0.29, 0.717) is 13.2 Å². The Hall–Kier alpha value is -1.39. The average molecular weight is 262 g/mol. The first-order valence-corrected chi connectivity index (χ1v) is 7.05. The molecule has 2 N–H and O–H groups in total. The smallest absolute Gasteiger partial charge is 0.122 e. The van der Waals surface area contributed by atoms with Gasteiger partial charge in [0.1, 0.15) is 5.75 Å². The maximum Gasteiger partial charge on any atom is 0.122 e. The van der Waals surface area contributed by atoms with Crippen LogP contribution in [0.4, 0.5) is 0 Å². The summed E-state index contributed by atoms with van der Waals surface area (Å²) in [5.74, 6) is 0.954. The molecule has 0 spiro atoms. The van der Waals surface area contributed by atoms with Gasteiger partial charge < -0.3 is 10.5 Å². The maximum atomic E-state index is 5.62. The second-order valence-electron chi connectivity index (χ2n) is 3.99. The number of rotatable bonds is 6. The van der Waals surface area contributed by atoms with Crippen LogP contribution in [0, 0.1) is 0 Å². The SMILES string of the molecule is CCOc1ccccc1Cc1nc(CCN)cs1. The molecular formula is C14H18N2OS. The number of thiazole rings is 1. The summed E-state index contributed by atoms with van der Waals surface area (Å²) in [7, 11) is 0. The second-order valence-corrected chi connectivity index (χ2v) is 4.93. The molecule has 18 heavy (non-hydrogen) atoms. The zero-order chi connectivity index (χ0) is 12.8. The van der Waals surface area contributed by atoms with Gasteiger partial charge in [-0.3, -0.25) is 0 Å². The monoisotopic (exact) mass is 262 g/mol. The van der Waals surface area contributed by atoms with E-state index in [1.165, 1.54) is 5.56 Å². The summed E-state index contributed by atoms with van der Waals surface area (Å²) in [6.45, 7) is 3.34. The van der Waals surface area contributed by atoms with Crippen LogP contribution in [-0.4, -0.2) is 18.1 Å². The molecule has 0 amide bonds. The molecule has 1 aromatic heterocycles. The fourth-order valence-electron chi connectivity index (χ4n) is 1.80. The van der Waals surface area contributed by atoms with E-state index in [1.807, 2.05) is 25.1 Å². The Balaban J connectivity index is 2.12. The average Bonchev–Trinajstić information content (AvgIpc) is 2.80. The number of nitrogens with two attached hydrogens (primary N) is 1. The van der Waals surface area contributed by atoms with E-state index < -0.39 is 0 Å². The van der Waals surface area contributed by atoms with Crippen LogP contribution in [0.5, 0.6) is 5.75 Å². The van der Waals surface area contributed by atoms with Crippen LogP contribution < -0.4 is 10.5 Å². The molecule has 0 unspecified atom stereocenters. The second kappa shape index (κ2) is 6.52. The summed E-state index contributed by atoms with van der Waals surface area (Å²) in [6, 6.07) is 8.13. The predicted molar refractivity (Wildman–Crippen MR) is 75.3 cm³/mol. The Morgan fingerprint density at radius 2 is 2.17 bits per heavy atom. The van der Waals surface area contributed by atoms with Gasteiger partial charge >= 0.3 is 0 Å². The largest absolute Gasteiger partial charge is 0.494 e. The quantitative estimate of drug-likeness (QED) is 0.870. The molecule has 0 radical (unpaired) electrons. The number of hydrogen-bond donors (Lipinski definition) is 1. The van der Waals surface area contributed by atoms with E-state index in [9.17, 15) is 0 Å². The molecule has 0 saturated heterocycles. The summed E-state index contributed by atoms with van der Waals surface area (Å²) in [5, 5.41) is 3.21. The molecule has 0 aliphatic heterocycles. The van der Waals surface area contributed by atoms with Crippen molar-refractivity contribution in [1.29, 1.82) is 0 Å². The van der Waals surface area contributed by atoms with Gasteiger partial charge in [0, 0.05) is 23.8 Å². The highest BCUT2D eigenvalue weighted by molar-refractivity contribution is 7.09. The van der Waals surface area contributed by atoms with E-state index in [1.54, 1.807) is 11.3 Å². The molecule has 0 saturated carbocycles. The van der Waals surface area contributed by atoms with Gasteiger partial charge in [-0.15, -0.1) is 11.3 Å². The molecule has 2 rings (SSSR count). The van der Waals surface area contributed by atoms with Gasteiger partial charge in [0.15, 0.2) is 0 Å². The molecule has 1 heterocycles. The first-order chi connectivity index (χ1) is 8.83. The van der Waals surface area contributed by atoms with Crippen LogP contribution >= 0.6 is 11.3 Å². The van der Waals surface area contributed by atoms with Crippen molar-refractivity contribution < 1.29 is 4.74 Å². The molecule has 0 aliphatic carbocycles. The normalized spacial score (nSPS) is 10.6. The Labute approximate surface area is 112 Å². The minimum atomic E-state index is 0.651. The zero-order valence-corrected chi connectivity index (χ0v) is 11.4. The molecule has 4 heteroatoms. The molecule has 96 valence electrons. The van der Waals surface area contributed by atoms with Crippen LogP contribution in [-0.2, 0) is 12.8 Å². The lowest BCUT2D eigenvalue weighted by Gasteiger charge is -2.08. The summed E-state index contributed by atoms with van der Waals surface area (Å²) in [5.41, 5.74) is 7.81. The molecule has 0 atom stereocenters. The number of ether oxygens (including phenoxy) is 1. The van der Waals surface area contributed by atoms with E-state index in [-0.39, 0.29) is 0 Å². The van der Waals surface area contributed by atoms with Gasteiger partial charge in [0.05, 0.1) is 17.3 Å². The fourth-order valence-corrected chi connectivity index (χ4v) is 2.65. The lowest BCUT2D eigenvalue weighted by Crippen LogP contribution is -2.03. The Morgan fingerprint density at radius 3 is 2.94 bits per heavy atom. The first kappa shape index (κ1) is 13.1. The zero-order valence-electron chi connectivity index (χ0n) is 10.6. The molecule has 0 aliphatic rings. The highest BCUT2D eigenvalue weighted by Gasteiger charge is 2.07. The maximum absolute atomic E-state index is 5.62. The topological polar surface area (TPSA) is 48.1 Å². The van der Waals surface area contributed by atoms with Gasteiger partial charge in [-0.2, -0.15) is 0 Å². The number of aromatic nitrogens is 1. The standard InChI is InChI=1S/C14H18N2OS/c1-2-17-13-6-4-3-5-11(13)9-14-16-12(7-8-15)10-18-14/h3-6,10H,2,7-9,15H2,1H3. The van der Waals surface area contributed by atoms with Crippen LogP contribution in [0.2, 0.25) is 0 Å². The van der Waals surface area contributed by atoms with Crippen molar-refractivity contribution in [1.82, 2.24) is 4.98 Å². The lowest BCUT2D eigenvalue weighted by molar-refractivity contribution is 0.337. The van der Waals surface area contributed by atoms with Crippen molar-refractivity contribution in [2.45, 2.75) is 19.8 Å². The van der Waals surface area contributed by atoms with Gasteiger partial charge in [0.25, 0.3) is 0 Å². The lowest BCUT2D eigenvalue weighted by atomic mass is 10.1. The molecule has 2 aromatic rings. The van der Waals surface area contributed by atoms with Gasteiger partial charge in [-0.25, -0.2) is 4.98 Å². The van der Waals surface area contributed by atoms with Crippen LogP contribution in [0.3, 0.4) is 0 Å². The third-order valence-corrected chi connectivity index (χ3v) is 3.51. The number of hydrogen-bond acceptors (Lipinski definition) is 4. The molecular weight excluding hydrogens is 244 g/mol. The third kappa shape index (κ3) is 3.31. The summed E-state index contributed by atoms with van der Waals surface area (Å²) in [4.78, 5) is 4.58.